The summed E-state index contributed by atoms with van der Waals surface area (Å²) in [6.45, 7) is 13.6. The van der Waals surface area contributed by atoms with Crippen molar-refractivity contribution in [2.75, 3.05) is 0 Å². The van der Waals surface area contributed by atoms with Crippen LogP contribution in [0.15, 0.2) is 48.7 Å². The molecule has 0 spiro atoms. The third-order valence-corrected chi connectivity index (χ3v) is 4.80. The molecule has 3 nitrogen and oxygen atoms in total. The van der Waals surface area contributed by atoms with Crippen molar-refractivity contribution in [3.05, 3.63) is 59.8 Å². The van der Waals surface area contributed by atoms with Gasteiger partial charge >= 0.3 is 0 Å². The topological polar surface area (TPSA) is 45.2 Å². The normalized spacial score (nSPS) is 12.1. The molecule has 28 heavy (non-hydrogen) atoms. The van der Waals surface area contributed by atoms with Crippen LogP contribution in [0.3, 0.4) is 0 Å². The van der Waals surface area contributed by atoms with E-state index in [9.17, 15) is 5.11 Å². The van der Waals surface area contributed by atoms with Crippen molar-refractivity contribution in [1.29, 1.82) is 0 Å². The van der Waals surface area contributed by atoms with Gasteiger partial charge in [0, 0.05) is 34.8 Å². The zero-order valence-corrected chi connectivity index (χ0v) is 17.2. The minimum atomic E-state index is -0.0201. The molecule has 0 saturated carbocycles. The predicted molar refractivity (Wildman–Crippen MR) is 121 cm³/mol. The molecule has 0 fully saturated rings. The van der Waals surface area contributed by atoms with Crippen LogP contribution >= 0.6 is 0 Å². The first-order valence-electron chi connectivity index (χ1n) is 9.52. The number of phenolic OH excluding ortho intramolecular Hbond substituents is 1. The van der Waals surface area contributed by atoms with Crippen molar-refractivity contribution in [1.82, 2.24) is 10.3 Å². The van der Waals surface area contributed by atoms with Crippen molar-refractivity contribution in [2.24, 2.45) is 0 Å². The summed E-state index contributed by atoms with van der Waals surface area (Å²) in [6, 6.07) is 14.3. The van der Waals surface area contributed by atoms with Gasteiger partial charge in [-0.1, -0.05) is 52.5 Å². The van der Waals surface area contributed by atoms with Crippen molar-refractivity contribution in [3.8, 4) is 16.9 Å². The maximum Gasteiger partial charge on any atom is 0.127 e. The number of fused-ring (bicyclic) bond motifs is 1. The molecule has 3 rings (SSSR count). The summed E-state index contributed by atoms with van der Waals surface area (Å²) >= 11 is 0. The third-order valence-electron chi connectivity index (χ3n) is 4.80. The van der Waals surface area contributed by atoms with Crippen LogP contribution in [0.4, 0.5) is 0 Å². The molecule has 0 unspecified atom stereocenters. The van der Waals surface area contributed by atoms with E-state index in [0.717, 1.165) is 27.6 Å². The summed E-state index contributed by atoms with van der Waals surface area (Å²) in [7, 11) is 0. The number of pyridine rings is 1. The molecule has 3 heteroatoms. The minimum Gasteiger partial charge on any atom is -0.507 e. The maximum atomic E-state index is 11.1. The van der Waals surface area contributed by atoms with E-state index in [0.29, 0.717) is 12.3 Å². The van der Waals surface area contributed by atoms with Gasteiger partial charge in [0.1, 0.15) is 5.75 Å². The van der Waals surface area contributed by atoms with Gasteiger partial charge < -0.3 is 10.4 Å². The Bertz CT molecular complexity index is 957. The Morgan fingerprint density at radius 1 is 0.929 bits per heavy atom. The van der Waals surface area contributed by atoms with Crippen molar-refractivity contribution < 1.29 is 5.11 Å². The standard InChI is InChI=1S/C24H30N2O.CH4/c1-23(2,3)17-13-16(15-26-24(4,5)6)22(27)20(14-17)18-9-7-11-21-19(18)10-8-12-25-21;/h7-14,26-27H,15H2,1-6H3;1H4. The molecule has 0 amide bonds. The lowest BCUT2D eigenvalue weighted by atomic mass is 9.83. The van der Waals surface area contributed by atoms with E-state index >= 15 is 0 Å². The van der Waals surface area contributed by atoms with E-state index in [1.807, 2.05) is 18.2 Å². The summed E-state index contributed by atoms with van der Waals surface area (Å²) in [5.41, 5.74) is 4.92. The summed E-state index contributed by atoms with van der Waals surface area (Å²) < 4.78 is 0. The van der Waals surface area contributed by atoms with Crippen LogP contribution in [0.5, 0.6) is 5.75 Å². The molecule has 3 aromatic rings. The highest BCUT2D eigenvalue weighted by Gasteiger charge is 2.21. The maximum absolute atomic E-state index is 11.1. The number of phenols is 1. The molecule has 2 N–H and O–H groups in total. The molecule has 1 aromatic heterocycles. The Morgan fingerprint density at radius 2 is 1.64 bits per heavy atom. The molecule has 0 bridgehead atoms. The van der Waals surface area contributed by atoms with Gasteiger partial charge in [-0.3, -0.25) is 4.98 Å². The number of aromatic nitrogens is 1. The number of nitrogens with one attached hydrogen (secondary N) is 1. The zero-order valence-electron chi connectivity index (χ0n) is 17.2. The van der Waals surface area contributed by atoms with Crippen molar-refractivity contribution in [3.63, 3.8) is 0 Å². The molecule has 0 aliphatic rings. The number of nitrogens with zero attached hydrogens (tertiary/aromatic N) is 1. The number of rotatable bonds is 3. The van der Waals surface area contributed by atoms with Crippen LogP contribution in [0.25, 0.3) is 22.0 Å². The fraction of sp³-hybridized carbons (Fsp3) is 0.400. The second-order valence-electron chi connectivity index (χ2n) is 9.26. The Kier molecular flexibility index (Phi) is 6.20. The van der Waals surface area contributed by atoms with Gasteiger partial charge in [-0.2, -0.15) is 0 Å². The SMILES string of the molecule is C.CC(C)(C)NCc1cc(C(C)(C)C)cc(-c2cccc3ncccc23)c1O. The molecule has 0 aliphatic carbocycles. The fourth-order valence-corrected chi connectivity index (χ4v) is 3.17. The predicted octanol–water partition coefficient (Wildman–Crippen LogP) is 6.43. The second kappa shape index (κ2) is 7.92. The summed E-state index contributed by atoms with van der Waals surface area (Å²) in [5, 5.41) is 15.7. The lowest BCUT2D eigenvalue weighted by molar-refractivity contribution is 0.411. The Balaban J connectivity index is 0.00000280. The third kappa shape index (κ3) is 4.71. The van der Waals surface area contributed by atoms with Gasteiger partial charge in [-0.05, 0) is 55.5 Å². The highest BCUT2D eigenvalue weighted by molar-refractivity contribution is 5.96. The highest BCUT2D eigenvalue weighted by Crippen LogP contribution is 2.39. The smallest absolute Gasteiger partial charge is 0.127 e. The van der Waals surface area contributed by atoms with E-state index in [1.54, 1.807) is 6.20 Å². The molecule has 0 aliphatic heterocycles. The Labute approximate surface area is 169 Å². The van der Waals surface area contributed by atoms with Gasteiger partial charge in [0.2, 0.25) is 0 Å². The number of hydrogen-bond acceptors (Lipinski definition) is 3. The van der Waals surface area contributed by atoms with Crippen LogP contribution in [-0.2, 0) is 12.0 Å². The van der Waals surface area contributed by atoms with Gasteiger partial charge in [-0.25, -0.2) is 0 Å². The van der Waals surface area contributed by atoms with Crippen LogP contribution in [0, 0.1) is 0 Å². The molecular formula is C25H34N2O. The summed E-state index contributed by atoms with van der Waals surface area (Å²) in [5.74, 6) is 0.344. The van der Waals surface area contributed by atoms with E-state index in [2.05, 4.69) is 76.1 Å². The zero-order chi connectivity index (χ0) is 19.8. The highest BCUT2D eigenvalue weighted by atomic mass is 16.3. The van der Waals surface area contributed by atoms with Gasteiger partial charge in [0.25, 0.3) is 0 Å². The van der Waals surface area contributed by atoms with Gasteiger partial charge in [0.05, 0.1) is 5.52 Å². The lowest BCUT2D eigenvalue weighted by Gasteiger charge is -2.25. The Hall–Kier alpha value is -2.39. The quantitative estimate of drug-likeness (QED) is 0.552. The number of benzene rings is 2. The van der Waals surface area contributed by atoms with Crippen LogP contribution in [-0.4, -0.2) is 15.6 Å². The Morgan fingerprint density at radius 3 is 2.29 bits per heavy atom. The monoisotopic (exact) mass is 378 g/mol. The molecule has 1 heterocycles. The average molecular weight is 379 g/mol. The summed E-state index contributed by atoms with van der Waals surface area (Å²) in [4.78, 5) is 4.47. The van der Waals surface area contributed by atoms with Crippen LogP contribution in [0.1, 0.15) is 60.1 Å². The fourth-order valence-electron chi connectivity index (χ4n) is 3.17. The first-order valence-corrected chi connectivity index (χ1v) is 9.52. The summed E-state index contributed by atoms with van der Waals surface area (Å²) in [6.07, 6.45) is 1.80. The van der Waals surface area contributed by atoms with Crippen molar-refractivity contribution >= 4 is 10.9 Å². The van der Waals surface area contributed by atoms with E-state index in [1.165, 1.54) is 5.56 Å². The van der Waals surface area contributed by atoms with Gasteiger partial charge in [0.15, 0.2) is 0 Å². The first-order chi connectivity index (χ1) is 12.6. The van der Waals surface area contributed by atoms with Crippen molar-refractivity contribution in [2.45, 2.75) is 66.5 Å². The largest absolute Gasteiger partial charge is 0.507 e. The molecule has 0 atom stereocenters. The lowest BCUT2D eigenvalue weighted by Crippen LogP contribution is -2.35. The number of aromatic hydroxyl groups is 1. The van der Waals surface area contributed by atoms with E-state index in [4.69, 9.17) is 0 Å². The average Bonchev–Trinajstić information content (AvgIpc) is 2.59. The molecule has 0 saturated heterocycles. The molecule has 150 valence electrons. The van der Waals surface area contributed by atoms with Crippen LogP contribution < -0.4 is 5.32 Å². The first kappa shape index (κ1) is 21.9. The van der Waals surface area contributed by atoms with Gasteiger partial charge in [-0.15, -0.1) is 0 Å². The minimum absolute atomic E-state index is 0. The van der Waals surface area contributed by atoms with E-state index < -0.39 is 0 Å². The molecular weight excluding hydrogens is 344 g/mol. The molecule has 2 aromatic carbocycles. The molecule has 0 radical (unpaired) electrons. The second-order valence-corrected chi connectivity index (χ2v) is 9.26. The number of hydrogen-bond donors (Lipinski definition) is 2. The van der Waals surface area contributed by atoms with Crippen LogP contribution in [0.2, 0.25) is 0 Å². The van der Waals surface area contributed by atoms with E-state index in [-0.39, 0.29) is 18.4 Å².